The number of nitrogens with zero attached hydrogens (tertiary/aromatic N) is 2. The van der Waals surface area contributed by atoms with Crippen molar-refractivity contribution in [1.82, 2.24) is 9.97 Å². The highest BCUT2D eigenvalue weighted by atomic mass is 35.5. The number of hydrogen-bond acceptors (Lipinski definition) is 3. The fourth-order valence-electron chi connectivity index (χ4n) is 3.52. The molecule has 6 heteroatoms. The third kappa shape index (κ3) is 3.91. The van der Waals surface area contributed by atoms with Crippen LogP contribution < -0.4 is 0 Å². The summed E-state index contributed by atoms with van der Waals surface area (Å²) in [6.45, 7) is 1.94. The molecule has 146 valence electrons. The summed E-state index contributed by atoms with van der Waals surface area (Å²) in [6, 6.07) is 15.1. The fourth-order valence-corrected chi connectivity index (χ4v) is 4.06. The summed E-state index contributed by atoms with van der Waals surface area (Å²) < 4.78 is 0. The van der Waals surface area contributed by atoms with Crippen molar-refractivity contribution in [3.8, 4) is 5.75 Å². The van der Waals surface area contributed by atoms with E-state index in [2.05, 4.69) is 9.97 Å². The summed E-state index contributed by atoms with van der Waals surface area (Å²) in [7, 11) is 0. The molecular weight excluding hydrogens is 427 g/mol. The molecular formula is C23H17Cl3N2O. The van der Waals surface area contributed by atoms with Crippen LogP contribution in [0.1, 0.15) is 28.3 Å². The highest BCUT2D eigenvalue weighted by Gasteiger charge is 2.24. The normalized spacial score (nSPS) is 12.3. The molecule has 4 aromatic rings. The van der Waals surface area contributed by atoms with Gasteiger partial charge in [-0.05, 0) is 36.2 Å². The van der Waals surface area contributed by atoms with Crippen molar-refractivity contribution in [1.29, 1.82) is 0 Å². The molecule has 0 saturated carbocycles. The van der Waals surface area contributed by atoms with E-state index in [0.29, 0.717) is 27.0 Å². The van der Waals surface area contributed by atoms with Crippen LogP contribution in [0.3, 0.4) is 0 Å². The second kappa shape index (κ2) is 8.19. The molecule has 0 aliphatic rings. The average molecular weight is 444 g/mol. The lowest BCUT2D eigenvalue weighted by molar-refractivity contribution is 0.469. The summed E-state index contributed by atoms with van der Waals surface area (Å²) in [5.74, 6) is -0.129. The number of aromatic nitrogens is 2. The van der Waals surface area contributed by atoms with Crippen molar-refractivity contribution < 1.29 is 5.11 Å². The number of halogens is 3. The Balaban J connectivity index is 1.89. The Labute approximate surface area is 183 Å². The summed E-state index contributed by atoms with van der Waals surface area (Å²) >= 11 is 19.0. The van der Waals surface area contributed by atoms with Crippen LogP contribution in [0.25, 0.3) is 10.9 Å². The molecule has 0 radical (unpaired) electrons. The van der Waals surface area contributed by atoms with Crippen LogP contribution in [0.5, 0.6) is 5.75 Å². The van der Waals surface area contributed by atoms with E-state index in [4.69, 9.17) is 34.8 Å². The minimum absolute atomic E-state index is 0.134. The lowest BCUT2D eigenvalue weighted by Crippen LogP contribution is -2.08. The number of fused-ring (bicyclic) bond motifs is 1. The van der Waals surface area contributed by atoms with Crippen LogP contribution in [-0.4, -0.2) is 15.1 Å². The van der Waals surface area contributed by atoms with Crippen LogP contribution in [-0.2, 0) is 6.42 Å². The first-order valence-corrected chi connectivity index (χ1v) is 10.2. The second-order valence-electron chi connectivity index (χ2n) is 6.90. The molecule has 0 amide bonds. The van der Waals surface area contributed by atoms with Crippen LogP contribution >= 0.6 is 34.8 Å². The van der Waals surface area contributed by atoms with E-state index in [1.54, 1.807) is 18.5 Å². The Morgan fingerprint density at radius 3 is 2.55 bits per heavy atom. The molecule has 2 heterocycles. The molecule has 1 unspecified atom stereocenters. The summed E-state index contributed by atoms with van der Waals surface area (Å²) in [6.07, 6.45) is 3.83. The molecule has 1 N–H and O–H groups in total. The molecule has 1 atom stereocenters. The fraction of sp³-hybridized carbons (Fsp3) is 0.130. The number of aromatic hydroxyl groups is 1. The average Bonchev–Trinajstić information content (AvgIpc) is 2.72. The third-order valence-electron chi connectivity index (χ3n) is 5.03. The predicted octanol–water partition coefficient (Wildman–Crippen LogP) is 6.98. The van der Waals surface area contributed by atoms with E-state index in [1.165, 1.54) is 0 Å². The molecule has 0 aliphatic carbocycles. The molecule has 29 heavy (non-hydrogen) atoms. The summed E-state index contributed by atoms with van der Waals surface area (Å²) in [5, 5.41) is 13.4. The molecule has 0 saturated heterocycles. The van der Waals surface area contributed by atoms with Crippen LogP contribution in [0.4, 0.5) is 0 Å². The summed E-state index contributed by atoms with van der Waals surface area (Å²) in [5.41, 5.74) is 3.87. The van der Waals surface area contributed by atoms with Crippen molar-refractivity contribution in [2.75, 3.05) is 0 Å². The molecule has 0 fully saturated rings. The number of hydrogen-bond donors (Lipinski definition) is 1. The van der Waals surface area contributed by atoms with Crippen molar-refractivity contribution in [2.24, 2.45) is 0 Å². The molecule has 0 bridgehead atoms. The van der Waals surface area contributed by atoms with Crippen molar-refractivity contribution in [3.63, 3.8) is 0 Å². The maximum atomic E-state index is 11.0. The molecule has 2 aromatic carbocycles. The summed E-state index contributed by atoms with van der Waals surface area (Å²) in [4.78, 5) is 8.82. The Morgan fingerprint density at radius 1 is 0.931 bits per heavy atom. The third-order valence-corrected chi connectivity index (χ3v) is 6.26. The minimum atomic E-state index is -0.263. The topological polar surface area (TPSA) is 46.0 Å². The van der Waals surface area contributed by atoms with E-state index in [1.807, 2.05) is 49.4 Å². The number of aryl methyl sites for hydroxylation is 1. The van der Waals surface area contributed by atoms with E-state index in [-0.39, 0.29) is 11.7 Å². The molecule has 0 spiro atoms. The van der Waals surface area contributed by atoms with Gasteiger partial charge in [0.15, 0.2) is 0 Å². The number of pyridine rings is 2. The molecule has 4 rings (SSSR count). The van der Waals surface area contributed by atoms with Gasteiger partial charge in [-0.15, -0.1) is 0 Å². The van der Waals surface area contributed by atoms with Crippen LogP contribution in [0.15, 0.2) is 60.9 Å². The smallest absolute Gasteiger partial charge is 0.145 e. The monoisotopic (exact) mass is 442 g/mol. The van der Waals surface area contributed by atoms with Crippen molar-refractivity contribution in [2.45, 2.75) is 19.3 Å². The molecule has 0 aliphatic heterocycles. The molecule has 2 aromatic heterocycles. The second-order valence-corrected chi connectivity index (χ2v) is 8.10. The number of rotatable bonds is 4. The SMILES string of the molecule is Cc1cc(CC(c2cccc(Cl)c2Cl)c2ccc3cccnc3c2O)ncc1Cl. The van der Waals surface area contributed by atoms with Gasteiger partial charge in [0.05, 0.1) is 15.1 Å². The van der Waals surface area contributed by atoms with Gasteiger partial charge in [-0.1, -0.05) is 65.1 Å². The number of phenols is 1. The maximum absolute atomic E-state index is 11.0. The first-order chi connectivity index (χ1) is 14.0. The predicted molar refractivity (Wildman–Crippen MR) is 119 cm³/mol. The van der Waals surface area contributed by atoms with E-state index in [0.717, 1.165) is 27.8 Å². The quantitative estimate of drug-likeness (QED) is 0.370. The van der Waals surface area contributed by atoms with Gasteiger partial charge in [-0.2, -0.15) is 0 Å². The Bertz CT molecular complexity index is 1210. The van der Waals surface area contributed by atoms with Gasteiger partial charge in [-0.3, -0.25) is 9.97 Å². The van der Waals surface area contributed by atoms with E-state index >= 15 is 0 Å². The van der Waals surface area contributed by atoms with Gasteiger partial charge in [0, 0.05) is 41.4 Å². The van der Waals surface area contributed by atoms with Crippen LogP contribution in [0.2, 0.25) is 15.1 Å². The van der Waals surface area contributed by atoms with E-state index < -0.39 is 0 Å². The lowest BCUT2D eigenvalue weighted by atomic mass is 9.86. The highest BCUT2D eigenvalue weighted by molar-refractivity contribution is 6.42. The Morgan fingerprint density at radius 2 is 1.76 bits per heavy atom. The van der Waals surface area contributed by atoms with E-state index in [9.17, 15) is 5.11 Å². The van der Waals surface area contributed by atoms with Crippen molar-refractivity contribution in [3.05, 3.63) is 98.4 Å². The van der Waals surface area contributed by atoms with Gasteiger partial charge < -0.3 is 5.11 Å². The Hall–Kier alpha value is -2.33. The zero-order valence-electron chi connectivity index (χ0n) is 15.5. The number of benzene rings is 2. The van der Waals surface area contributed by atoms with Gasteiger partial charge in [0.2, 0.25) is 0 Å². The maximum Gasteiger partial charge on any atom is 0.145 e. The first kappa shape index (κ1) is 20.0. The standard InChI is InChI=1S/C23H17Cl3N2O/c1-13-10-15(28-12-20(13)25)11-18(16-5-2-6-19(24)21(16)26)17-8-7-14-4-3-9-27-22(14)23(17)29/h2-10,12,18,29H,11H2,1H3. The van der Waals surface area contributed by atoms with Gasteiger partial charge in [-0.25, -0.2) is 0 Å². The van der Waals surface area contributed by atoms with Gasteiger partial charge in [0.25, 0.3) is 0 Å². The van der Waals surface area contributed by atoms with Crippen LogP contribution in [0, 0.1) is 6.92 Å². The Kier molecular flexibility index (Phi) is 5.64. The first-order valence-electron chi connectivity index (χ1n) is 9.07. The van der Waals surface area contributed by atoms with Gasteiger partial charge >= 0.3 is 0 Å². The highest BCUT2D eigenvalue weighted by Crippen LogP contribution is 2.41. The van der Waals surface area contributed by atoms with Crippen molar-refractivity contribution >= 4 is 45.7 Å². The number of phenolic OH excluding ortho intramolecular Hbond substituents is 1. The lowest BCUT2D eigenvalue weighted by Gasteiger charge is -2.21. The minimum Gasteiger partial charge on any atom is -0.505 e. The molecule has 3 nitrogen and oxygen atoms in total. The largest absolute Gasteiger partial charge is 0.505 e. The zero-order chi connectivity index (χ0) is 20.5. The zero-order valence-corrected chi connectivity index (χ0v) is 17.8. The van der Waals surface area contributed by atoms with Gasteiger partial charge in [0.1, 0.15) is 11.3 Å².